The topological polar surface area (TPSA) is 86.0 Å². The first-order valence-electron chi connectivity index (χ1n) is 7.56. The van der Waals surface area contributed by atoms with Gasteiger partial charge in [0.25, 0.3) is 0 Å². The quantitative estimate of drug-likeness (QED) is 0.797. The van der Waals surface area contributed by atoms with Crippen molar-refractivity contribution in [3.63, 3.8) is 0 Å². The van der Waals surface area contributed by atoms with Gasteiger partial charge in [-0.15, -0.1) is 6.42 Å². The van der Waals surface area contributed by atoms with Gasteiger partial charge in [-0.3, -0.25) is 0 Å². The molecular formula is C17H21N5O. The van der Waals surface area contributed by atoms with Crippen LogP contribution >= 0.6 is 0 Å². The lowest BCUT2D eigenvalue weighted by atomic mass is 10.0. The lowest BCUT2D eigenvalue weighted by Gasteiger charge is -2.16. The van der Waals surface area contributed by atoms with Crippen LogP contribution in [0.1, 0.15) is 44.4 Å². The van der Waals surface area contributed by atoms with Gasteiger partial charge in [0.05, 0.1) is 6.20 Å². The van der Waals surface area contributed by atoms with E-state index in [1.165, 1.54) is 0 Å². The molecule has 0 unspecified atom stereocenters. The minimum Gasteiger partial charge on any atom is -0.451 e. The lowest BCUT2D eigenvalue weighted by molar-refractivity contribution is 0.469. The Labute approximate surface area is 136 Å². The zero-order valence-corrected chi connectivity index (χ0v) is 13.6. The largest absolute Gasteiger partial charge is 0.451 e. The minimum absolute atomic E-state index is 0.194. The van der Waals surface area contributed by atoms with Gasteiger partial charge < -0.3 is 15.8 Å². The Morgan fingerprint density at radius 3 is 2.74 bits per heavy atom. The number of nitrogens with zero attached hydrogens (tertiary/aromatic N) is 3. The van der Waals surface area contributed by atoms with E-state index in [4.69, 9.17) is 16.9 Å². The van der Waals surface area contributed by atoms with Crippen LogP contribution < -0.4 is 15.8 Å². The highest BCUT2D eigenvalue weighted by Gasteiger charge is 2.14. The molecule has 2 aromatic heterocycles. The van der Waals surface area contributed by atoms with E-state index in [1.807, 2.05) is 0 Å². The fraction of sp³-hybridized carbons (Fsp3) is 0.353. The maximum absolute atomic E-state index is 6.02. The summed E-state index contributed by atoms with van der Waals surface area (Å²) < 4.78 is 6.02. The van der Waals surface area contributed by atoms with Crippen molar-refractivity contribution in [1.82, 2.24) is 15.0 Å². The molecule has 6 heteroatoms. The number of nitrogen functional groups attached to an aromatic ring is 1. The van der Waals surface area contributed by atoms with Crippen LogP contribution in [0.5, 0.6) is 11.5 Å². The van der Waals surface area contributed by atoms with E-state index in [9.17, 15) is 0 Å². The first kappa shape index (κ1) is 16.6. The molecule has 0 bridgehead atoms. The third-order valence-corrected chi connectivity index (χ3v) is 3.20. The molecule has 0 radical (unpaired) electrons. The molecule has 0 aromatic carbocycles. The first-order chi connectivity index (χ1) is 11.0. The Morgan fingerprint density at radius 1 is 1.30 bits per heavy atom. The minimum atomic E-state index is 0.194. The number of nitrogens with two attached hydrogens (primary N) is 1. The fourth-order valence-electron chi connectivity index (χ4n) is 2.00. The first-order valence-corrected chi connectivity index (χ1v) is 7.56. The lowest BCUT2D eigenvalue weighted by Crippen LogP contribution is -2.07. The van der Waals surface area contributed by atoms with Gasteiger partial charge in [0.1, 0.15) is 11.4 Å². The number of hydrogen-bond donors (Lipinski definition) is 2. The number of nitrogens with one attached hydrogen (secondary N) is 1. The number of pyridine rings is 1. The molecule has 0 spiro atoms. The second-order valence-electron chi connectivity index (χ2n) is 5.38. The predicted octanol–water partition coefficient (Wildman–Crippen LogP) is 3.17. The summed E-state index contributed by atoms with van der Waals surface area (Å²) in [6.45, 7) is 6.96. The highest BCUT2D eigenvalue weighted by atomic mass is 16.5. The average Bonchev–Trinajstić information content (AvgIpc) is 2.54. The summed E-state index contributed by atoms with van der Waals surface area (Å²) in [5.41, 5.74) is 7.14. The van der Waals surface area contributed by atoms with E-state index in [-0.39, 0.29) is 11.9 Å². The Hall–Kier alpha value is -2.81. The van der Waals surface area contributed by atoms with Crippen LogP contribution in [0.3, 0.4) is 0 Å². The zero-order valence-electron chi connectivity index (χ0n) is 13.6. The van der Waals surface area contributed by atoms with E-state index < -0.39 is 0 Å². The number of hydrogen-bond acceptors (Lipinski definition) is 6. The Bertz CT molecular complexity index is 721. The molecule has 3 N–H and O–H groups in total. The summed E-state index contributed by atoms with van der Waals surface area (Å²) in [4.78, 5) is 12.4. The van der Waals surface area contributed by atoms with Crippen LogP contribution in [0.25, 0.3) is 0 Å². The van der Waals surface area contributed by atoms with Gasteiger partial charge in [0, 0.05) is 24.4 Å². The summed E-state index contributed by atoms with van der Waals surface area (Å²) >= 11 is 0. The molecule has 6 nitrogen and oxygen atoms in total. The van der Waals surface area contributed by atoms with Gasteiger partial charge in [-0.25, -0.2) is 9.97 Å². The van der Waals surface area contributed by atoms with Crippen molar-refractivity contribution < 1.29 is 4.74 Å². The summed E-state index contributed by atoms with van der Waals surface area (Å²) in [5.74, 6) is 4.67. The van der Waals surface area contributed by atoms with Crippen molar-refractivity contribution in [2.24, 2.45) is 0 Å². The maximum Gasteiger partial charge on any atom is 0.222 e. The monoisotopic (exact) mass is 311 g/mol. The molecule has 0 aliphatic carbocycles. The average molecular weight is 311 g/mol. The van der Waals surface area contributed by atoms with Crippen LogP contribution in [0.15, 0.2) is 18.5 Å². The summed E-state index contributed by atoms with van der Waals surface area (Å²) in [6, 6.07) is 1.75. The maximum atomic E-state index is 6.02. The molecule has 0 fully saturated rings. The molecule has 0 aliphatic heterocycles. The third kappa shape index (κ3) is 4.10. The molecule has 2 aromatic rings. The van der Waals surface area contributed by atoms with Crippen LogP contribution in [0, 0.1) is 12.3 Å². The molecule has 2 heterocycles. The SMILES string of the molecule is C#Cc1cc(Oc2cnc(N)nc2NCCC)c(C(C)C)cn1. The molecule has 2 rings (SSSR count). The molecule has 0 atom stereocenters. The second kappa shape index (κ2) is 7.45. The normalized spacial score (nSPS) is 10.4. The highest BCUT2D eigenvalue weighted by molar-refractivity contribution is 5.54. The number of terminal acetylenes is 1. The van der Waals surface area contributed by atoms with Gasteiger partial charge >= 0.3 is 0 Å². The molecular weight excluding hydrogens is 290 g/mol. The molecule has 0 aliphatic rings. The van der Waals surface area contributed by atoms with Gasteiger partial charge in [0.2, 0.25) is 5.95 Å². The van der Waals surface area contributed by atoms with Crippen LogP contribution in [0.4, 0.5) is 11.8 Å². The van der Waals surface area contributed by atoms with E-state index >= 15 is 0 Å². The standard InChI is InChI=1S/C17H21N5O/c1-5-7-19-16-15(10-21-17(18)22-16)23-14-8-12(6-2)20-9-13(14)11(3)4/h2,8-11H,5,7H2,1,3-4H3,(H3,18,19,21,22). The van der Waals surface area contributed by atoms with Crippen molar-refractivity contribution in [2.45, 2.75) is 33.1 Å². The van der Waals surface area contributed by atoms with Crippen molar-refractivity contribution in [3.05, 3.63) is 29.7 Å². The van der Waals surface area contributed by atoms with Crippen LogP contribution in [-0.4, -0.2) is 21.5 Å². The fourth-order valence-corrected chi connectivity index (χ4v) is 2.00. The second-order valence-corrected chi connectivity index (χ2v) is 5.38. The highest BCUT2D eigenvalue weighted by Crippen LogP contribution is 2.33. The number of anilines is 2. The predicted molar refractivity (Wildman–Crippen MR) is 91.6 cm³/mol. The van der Waals surface area contributed by atoms with Crippen molar-refractivity contribution in [2.75, 3.05) is 17.6 Å². The van der Waals surface area contributed by atoms with E-state index in [2.05, 4.69) is 47.0 Å². The smallest absolute Gasteiger partial charge is 0.222 e. The van der Waals surface area contributed by atoms with Crippen molar-refractivity contribution >= 4 is 11.8 Å². The van der Waals surface area contributed by atoms with Crippen molar-refractivity contribution in [3.8, 4) is 23.8 Å². The molecule has 0 saturated carbocycles. The number of rotatable bonds is 6. The summed E-state index contributed by atoms with van der Waals surface area (Å²) in [5, 5.41) is 3.19. The Balaban J connectivity index is 2.40. The summed E-state index contributed by atoms with van der Waals surface area (Å²) in [7, 11) is 0. The number of aromatic nitrogens is 3. The van der Waals surface area contributed by atoms with Gasteiger partial charge in [-0.05, 0) is 12.3 Å². The summed E-state index contributed by atoms with van der Waals surface area (Å²) in [6.07, 6.45) is 9.69. The van der Waals surface area contributed by atoms with Gasteiger partial charge in [0.15, 0.2) is 11.6 Å². The molecule has 23 heavy (non-hydrogen) atoms. The Kier molecular flexibility index (Phi) is 5.36. The van der Waals surface area contributed by atoms with Gasteiger partial charge in [-0.2, -0.15) is 4.98 Å². The van der Waals surface area contributed by atoms with Crippen LogP contribution in [-0.2, 0) is 0 Å². The van der Waals surface area contributed by atoms with Gasteiger partial charge in [-0.1, -0.05) is 26.7 Å². The third-order valence-electron chi connectivity index (χ3n) is 3.20. The molecule has 0 amide bonds. The molecule has 0 saturated heterocycles. The zero-order chi connectivity index (χ0) is 16.8. The Morgan fingerprint density at radius 2 is 2.09 bits per heavy atom. The van der Waals surface area contributed by atoms with Crippen molar-refractivity contribution in [1.29, 1.82) is 0 Å². The molecule has 120 valence electrons. The van der Waals surface area contributed by atoms with Crippen LogP contribution in [0.2, 0.25) is 0 Å². The van der Waals surface area contributed by atoms with E-state index in [1.54, 1.807) is 18.5 Å². The number of ether oxygens (including phenoxy) is 1. The van der Waals surface area contributed by atoms with E-state index in [0.29, 0.717) is 23.0 Å². The van der Waals surface area contributed by atoms with E-state index in [0.717, 1.165) is 18.5 Å².